The second-order valence-electron chi connectivity index (χ2n) is 39.8. The van der Waals surface area contributed by atoms with E-state index in [1.165, 1.54) is 83.1 Å². The van der Waals surface area contributed by atoms with Crippen LogP contribution in [0.4, 0.5) is 17.1 Å². The lowest BCUT2D eigenvalue weighted by Gasteiger charge is -2.36. The molecule has 9 amide bonds. The SMILES string of the molecule is C[C@@H](C(=O)N(C)[C@@H](C)C(=O)N(C)[C@@H](C)C(=O)N(CCCCN(C)C(=O)CCCOc1cccc(-c2nc3ccc(-c4nc5cc(N6CCN(C)CC6)ccc5[nH]4)cc3[nH]2)c1)CC(N)=O)N(C)C(=O)CN(CCN(C)C(=O)CCCOc1cccc(-c2nc3ccc(-c4nc5cc(N6CCN(C)CC6)ccc5[nH]4)cc3[nH]2)c1)C(=O)CCCCCNC(=O)c1ccc(-c2c3ccc(=[N+](C)C)cc-3oc3cc(N(C)C)ccc23)c(C(=O)[O-])c1. The number of carboxylic acid groups (broad SMARTS) is 1. The van der Waals surface area contributed by atoms with E-state index < -0.39 is 78.5 Å². The lowest BCUT2D eigenvalue weighted by Crippen LogP contribution is -2.57. The van der Waals surface area contributed by atoms with Crippen LogP contribution in [-0.4, -0.2) is 350 Å². The molecule has 0 radical (unpaired) electrons. The number of nitrogens with zero attached hydrogens (tertiary/aromatic N) is 17. The van der Waals surface area contributed by atoms with Gasteiger partial charge in [0.05, 0.1) is 82.5 Å². The quantitative estimate of drug-likeness (QED) is 0.0117. The van der Waals surface area contributed by atoms with Crippen LogP contribution < -0.4 is 50.3 Å². The van der Waals surface area contributed by atoms with Gasteiger partial charge in [-0.3, -0.25) is 43.2 Å². The van der Waals surface area contributed by atoms with E-state index in [0.717, 1.165) is 147 Å². The monoisotopic (exact) mass is 2040 g/mol. The smallest absolute Gasteiger partial charge is 0.251 e. The van der Waals surface area contributed by atoms with Crippen molar-refractivity contribution in [2.75, 3.05) is 204 Å². The summed E-state index contributed by atoms with van der Waals surface area (Å²) in [6.45, 7) is 12.5. The molecule has 150 heavy (non-hydrogen) atoms. The average molecular weight is 2040 g/mol. The van der Waals surface area contributed by atoms with Crippen molar-refractivity contribution in [2.45, 2.75) is 103 Å². The number of aromatic amines is 4. The molecule has 0 bridgehead atoms. The summed E-state index contributed by atoms with van der Waals surface area (Å²) in [7, 11) is 19.5. The standard InChI is InChI=1S/C113H135N23O14/c1-71(110(143)131(13)72(2)111(144)132(14)73(3)112(145)136(69-99(114)137)47-19-18-46-128(10)100(138)29-22-58-148-83-26-20-24-74(60-83)105-116-89-41-32-76(63-93(89)120-105)107-118-91-43-36-81(65-95(91)122-107)133-53-48-126(8)49-54-133)130(12)103(141)70-135(102(140)28-16-15-17-45-115-109(142)78-31-38-85(88(62-78)113(146)147)104-86-39-34-79(124(4)5)67-97(86)150-98-68-80(125(6)7)35-40-87(98)104)57-52-129(11)101(139)30-23-59-149-84-27-21-25-75(61-84)106-117-90-42-33-77(64-94(90)121-106)108-119-92-44-37-82(66-96(92)123-108)134-55-50-127(9)51-56-134/h20-21,24-27,31-44,60-68,71-73,115H,15-19,22-23,28-30,45-59,69-70H2,1-14H3,(H6,114,116,117,118,119,120,121,122,123,137,142,146,147)/t71-,72-,73-/m0/s1. The Hall–Kier alpha value is -16.1. The Morgan fingerprint density at radius 1 is 0.453 bits per heavy atom. The van der Waals surface area contributed by atoms with E-state index in [2.05, 4.69) is 95.3 Å². The average Bonchev–Trinajstić information content (AvgIpc) is 1.10. The lowest BCUT2D eigenvalue weighted by atomic mass is 9.89. The second kappa shape index (κ2) is 47.8. The number of anilines is 3. The molecule has 12 aromatic rings. The van der Waals surface area contributed by atoms with Gasteiger partial charge in [0.15, 0.2) is 0 Å². The number of aromatic carboxylic acids is 1. The number of carboxylic acids is 1. The zero-order valence-corrected chi connectivity index (χ0v) is 88.0. The maximum absolute atomic E-state index is 14.6. The van der Waals surface area contributed by atoms with Crippen molar-refractivity contribution in [3.63, 3.8) is 0 Å². The first kappa shape index (κ1) is 107. The number of unbranched alkanes of at least 4 members (excludes halogenated alkanes) is 3. The number of likely N-dealkylation sites (N-methyl/N-ethyl adjacent to an activating group) is 6. The Labute approximate surface area is 871 Å². The highest BCUT2D eigenvalue weighted by Gasteiger charge is 2.37. The predicted molar refractivity (Wildman–Crippen MR) is 581 cm³/mol. The molecule has 0 unspecified atom stereocenters. The highest BCUT2D eigenvalue weighted by Crippen LogP contribution is 2.43. The normalized spacial score (nSPS) is 13.6. The Kier molecular flexibility index (Phi) is 34.0. The number of hydrogen-bond donors (Lipinski definition) is 6. The van der Waals surface area contributed by atoms with Crippen LogP contribution in [0.15, 0.2) is 180 Å². The topological polar surface area (TPSA) is 420 Å². The van der Waals surface area contributed by atoms with Crippen molar-refractivity contribution in [1.29, 1.82) is 0 Å². The van der Waals surface area contributed by atoms with Crippen LogP contribution in [0.5, 0.6) is 11.5 Å². The molecule has 1 aliphatic carbocycles. The first-order chi connectivity index (χ1) is 72.0. The first-order valence-corrected chi connectivity index (χ1v) is 51.3. The summed E-state index contributed by atoms with van der Waals surface area (Å²) in [5, 5.41) is 17.5. The van der Waals surface area contributed by atoms with Gasteiger partial charge in [-0.15, -0.1) is 0 Å². The van der Waals surface area contributed by atoms with Crippen LogP contribution in [0.2, 0.25) is 0 Å². The summed E-state index contributed by atoms with van der Waals surface area (Å²) in [6.07, 6.45) is 3.08. The van der Waals surface area contributed by atoms with E-state index in [1.54, 1.807) is 31.1 Å². The molecule has 37 nitrogen and oxygen atoms in total. The molecule has 0 saturated carbocycles. The molecule has 3 atom stereocenters. The lowest BCUT2D eigenvalue weighted by molar-refractivity contribution is -0.255. The summed E-state index contributed by atoms with van der Waals surface area (Å²) in [4.78, 5) is 194. The third-order valence-electron chi connectivity index (χ3n) is 28.8. The summed E-state index contributed by atoms with van der Waals surface area (Å²) >= 11 is 0. The number of carbonyl (C=O) groups excluding carboxylic acids is 10. The fraction of sp³-hybridized carbons (Fsp3) is 0.389. The molecular weight excluding hydrogens is 1900 g/mol. The van der Waals surface area contributed by atoms with Crippen molar-refractivity contribution in [3.8, 4) is 79.5 Å². The molecule has 4 aromatic heterocycles. The van der Waals surface area contributed by atoms with Crippen molar-refractivity contribution >= 4 is 131 Å². The van der Waals surface area contributed by atoms with Crippen LogP contribution in [0.25, 0.3) is 123 Å². The summed E-state index contributed by atoms with van der Waals surface area (Å²) < 4.78 is 20.8. The summed E-state index contributed by atoms with van der Waals surface area (Å²) in [5.41, 5.74) is 21.4. The van der Waals surface area contributed by atoms with Crippen LogP contribution in [0, 0.1) is 0 Å². The van der Waals surface area contributed by atoms with Gasteiger partial charge in [0.1, 0.15) is 78.4 Å². The molecule has 0 spiro atoms. The van der Waals surface area contributed by atoms with Gasteiger partial charge in [0.25, 0.3) is 5.91 Å². The van der Waals surface area contributed by atoms with Gasteiger partial charge in [0.2, 0.25) is 52.6 Å². The second-order valence-corrected chi connectivity index (χ2v) is 39.8. The van der Waals surface area contributed by atoms with Gasteiger partial charge in [-0.1, -0.05) is 36.8 Å². The molecule has 2 saturated heterocycles. The molecule has 2 fully saturated rings. The molecule has 7 heterocycles. The van der Waals surface area contributed by atoms with Crippen LogP contribution >= 0.6 is 0 Å². The number of fused-ring (bicyclic) bond motifs is 6. The third-order valence-corrected chi connectivity index (χ3v) is 28.8. The number of nitrogens with one attached hydrogen (secondary N) is 5. The number of piperazine rings is 2. The number of hydrogen-bond acceptors (Lipinski definition) is 23. The van der Waals surface area contributed by atoms with Crippen LogP contribution in [0.3, 0.4) is 0 Å². The van der Waals surface area contributed by atoms with Gasteiger partial charge in [-0.05, 0) is 206 Å². The van der Waals surface area contributed by atoms with E-state index in [-0.39, 0.29) is 81.6 Å². The van der Waals surface area contributed by atoms with E-state index in [4.69, 9.17) is 39.6 Å². The van der Waals surface area contributed by atoms with Gasteiger partial charge >= 0.3 is 0 Å². The van der Waals surface area contributed by atoms with Crippen molar-refractivity contribution in [2.24, 2.45) is 5.73 Å². The first-order valence-electron chi connectivity index (χ1n) is 51.3. The van der Waals surface area contributed by atoms with E-state index >= 15 is 0 Å². The van der Waals surface area contributed by atoms with Gasteiger partial charge < -0.3 is 114 Å². The molecule has 8 aromatic carbocycles. The molecule has 786 valence electrons. The highest BCUT2D eigenvalue weighted by atomic mass is 16.5. The van der Waals surface area contributed by atoms with Crippen molar-refractivity contribution in [3.05, 3.63) is 192 Å². The fourth-order valence-corrected chi connectivity index (χ4v) is 19.0. The number of imidazole rings is 4. The number of amides is 9. The Morgan fingerprint density at radius 3 is 1.49 bits per heavy atom. The van der Waals surface area contributed by atoms with Gasteiger partial charge in [-0.25, -0.2) is 24.5 Å². The number of ether oxygens (including phenoxy) is 2. The summed E-state index contributed by atoms with van der Waals surface area (Å²) in [5.74, 6) is -1.44. The molecule has 7 N–H and O–H groups in total. The maximum Gasteiger partial charge on any atom is 0.251 e. The van der Waals surface area contributed by atoms with E-state index in [0.29, 0.717) is 108 Å². The molecule has 3 aliphatic heterocycles. The Bertz CT molecular complexity index is 7370. The van der Waals surface area contributed by atoms with E-state index in [9.17, 15) is 53.1 Å². The minimum atomic E-state index is -1.48. The molecule has 37 heteroatoms. The molecule has 4 aliphatic rings. The maximum atomic E-state index is 14.6. The van der Waals surface area contributed by atoms with Crippen molar-refractivity contribution < 1.29 is 66.9 Å². The van der Waals surface area contributed by atoms with Crippen LogP contribution in [-0.2, 0) is 38.4 Å². The number of aromatic nitrogens is 8. The number of nitrogens with two attached hydrogens (primary N) is 1. The van der Waals surface area contributed by atoms with Gasteiger partial charge in [-0.2, -0.15) is 0 Å². The minimum Gasteiger partial charge on any atom is -0.545 e. The zero-order valence-electron chi connectivity index (χ0n) is 88.0. The number of H-pyrrole nitrogens is 4. The largest absolute Gasteiger partial charge is 0.545 e. The number of primary amides is 1. The number of rotatable bonds is 44. The molecule has 16 rings (SSSR count). The molecular formula is C113H135N23O14. The van der Waals surface area contributed by atoms with Gasteiger partial charge in [0, 0.05) is 233 Å². The summed E-state index contributed by atoms with van der Waals surface area (Å²) in [6, 6.07) is 52.3. The van der Waals surface area contributed by atoms with Crippen molar-refractivity contribution in [1.82, 2.24) is 93.9 Å². The third kappa shape index (κ3) is 25.5. The number of carbonyl (C=O) groups is 10. The Balaban J connectivity index is 0.498. The number of benzene rings is 9. The van der Waals surface area contributed by atoms with E-state index in [1.807, 2.05) is 159 Å². The fourth-order valence-electron chi connectivity index (χ4n) is 19.0. The zero-order chi connectivity index (χ0) is 106. The Morgan fingerprint density at radius 2 is 0.953 bits per heavy atom. The predicted octanol–water partition coefficient (Wildman–Crippen LogP) is 10.7. The highest BCUT2D eigenvalue weighted by molar-refractivity contribution is 6.09. The minimum absolute atomic E-state index is 0.0273. The van der Waals surface area contributed by atoms with Crippen LogP contribution in [0.1, 0.15) is 106 Å².